The fraction of sp³-hybridized carbons (Fsp3) is 0.0833. The lowest BCUT2D eigenvalue weighted by molar-refractivity contribution is 1.35. The Kier molecular flexibility index (Phi) is 3.52. The van der Waals surface area contributed by atoms with E-state index in [1.165, 1.54) is 0 Å². The van der Waals surface area contributed by atoms with Crippen molar-refractivity contribution in [2.45, 2.75) is 6.92 Å². The third-order valence-electron chi connectivity index (χ3n) is 2.46. The summed E-state index contributed by atoms with van der Waals surface area (Å²) in [6.45, 7) is 1.96. The van der Waals surface area contributed by atoms with Crippen LogP contribution in [0.25, 0.3) is 10.9 Å². The number of rotatable bonds is 1. The molecule has 2 rings (SSSR count). The minimum atomic E-state index is -0.140. The number of fused-ring (bicyclic) bond motifs is 1. The average Bonchev–Trinajstić information content (AvgIpc) is 2.26. The molecule has 6 N–H and O–H groups in total. The Bertz CT molecular complexity index is 688. The van der Waals surface area contributed by atoms with Gasteiger partial charge in [-0.15, -0.1) is 0 Å². The van der Waals surface area contributed by atoms with Crippen molar-refractivity contribution in [2.24, 2.45) is 27.2 Å². The van der Waals surface area contributed by atoms with Crippen LogP contribution in [0.4, 0.5) is 5.69 Å². The van der Waals surface area contributed by atoms with E-state index in [0.29, 0.717) is 10.8 Å². The zero-order chi connectivity index (χ0) is 14.0. The molecule has 0 unspecified atom stereocenters. The smallest absolute Gasteiger partial charge is 0.223 e. The number of aliphatic imine (C=N–C) groups is 2. The van der Waals surface area contributed by atoms with Crippen molar-refractivity contribution >= 4 is 40.1 Å². The van der Waals surface area contributed by atoms with E-state index < -0.39 is 0 Å². The lowest BCUT2D eigenvalue weighted by atomic mass is 10.1. The third-order valence-corrected chi connectivity index (χ3v) is 2.65. The molecule has 19 heavy (non-hydrogen) atoms. The molecule has 0 aliphatic carbocycles. The van der Waals surface area contributed by atoms with Crippen molar-refractivity contribution < 1.29 is 0 Å². The number of guanidine groups is 2. The number of benzene rings is 1. The number of aryl methyl sites for hydroxylation is 1. The lowest BCUT2D eigenvalue weighted by Gasteiger charge is -2.03. The van der Waals surface area contributed by atoms with Gasteiger partial charge in [0.1, 0.15) is 5.15 Å². The van der Waals surface area contributed by atoms with Crippen LogP contribution in [-0.4, -0.2) is 16.9 Å². The van der Waals surface area contributed by atoms with Crippen molar-refractivity contribution in [1.29, 1.82) is 0 Å². The van der Waals surface area contributed by atoms with E-state index in [1.807, 2.05) is 13.0 Å². The van der Waals surface area contributed by atoms with Crippen LogP contribution in [0.15, 0.2) is 34.3 Å². The average molecular weight is 277 g/mol. The van der Waals surface area contributed by atoms with E-state index in [-0.39, 0.29) is 11.9 Å². The predicted molar refractivity (Wildman–Crippen MR) is 78.6 cm³/mol. The second-order valence-electron chi connectivity index (χ2n) is 3.97. The molecule has 0 bridgehead atoms. The number of halogens is 1. The van der Waals surface area contributed by atoms with Gasteiger partial charge in [0.15, 0.2) is 5.96 Å². The molecule has 0 aliphatic heterocycles. The van der Waals surface area contributed by atoms with E-state index in [2.05, 4.69) is 15.0 Å². The van der Waals surface area contributed by atoms with Crippen LogP contribution in [0.3, 0.4) is 0 Å². The summed E-state index contributed by atoms with van der Waals surface area (Å²) in [6.07, 6.45) is 0. The molecule has 98 valence electrons. The van der Waals surface area contributed by atoms with Crippen molar-refractivity contribution in [2.75, 3.05) is 0 Å². The van der Waals surface area contributed by atoms with Crippen molar-refractivity contribution in [1.82, 2.24) is 4.98 Å². The lowest BCUT2D eigenvalue weighted by Crippen LogP contribution is -2.26. The monoisotopic (exact) mass is 276 g/mol. The standard InChI is InChI=1S/C12H13ClN6/c1-6-4-10(13)18-9-5-7(2-3-8(6)9)17-12(16)19-11(14)15/h2-5H,1H3,(H6,14,15,16,17,19). The van der Waals surface area contributed by atoms with Crippen LogP contribution in [0.5, 0.6) is 0 Å². The Hall–Kier alpha value is -2.34. The fourth-order valence-electron chi connectivity index (χ4n) is 1.71. The molecule has 0 spiro atoms. The molecule has 0 atom stereocenters. The Balaban J connectivity index is 2.50. The Morgan fingerprint density at radius 3 is 2.63 bits per heavy atom. The van der Waals surface area contributed by atoms with Gasteiger partial charge < -0.3 is 17.2 Å². The Morgan fingerprint density at radius 1 is 1.21 bits per heavy atom. The van der Waals surface area contributed by atoms with E-state index in [9.17, 15) is 0 Å². The third kappa shape index (κ3) is 3.11. The molecule has 1 aromatic heterocycles. The van der Waals surface area contributed by atoms with Crippen LogP contribution in [0, 0.1) is 6.92 Å². The summed E-state index contributed by atoms with van der Waals surface area (Å²) in [7, 11) is 0. The molecule has 2 aromatic rings. The normalized spacial score (nSPS) is 11.6. The molecule has 0 radical (unpaired) electrons. The Morgan fingerprint density at radius 2 is 1.95 bits per heavy atom. The quantitative estimate of drug-likeness (QED) is 0.415. The highest BCUT2D eigenvalue weighted by Gasteiger charge is 2.03. The second-order valence-corrected chi connectivity index (χ2v) is 4.36. The molecular weight excluding hydrogens is 264 g/mol. The summed E-state index contributed by atoms with van der Waals surface area (Å²) in [4.78, 5) is 11.9. The fourth-order valence-corrected chi connectivity index (χ4v) is 1.96. The Labute approximate surface area is 115 Å². The first-order valence-electron chi connectivity index (χ1n) is 5.46. The van der Waals surface area contributed by atoms with Crippen LogP contribution in [-0.2, 0) is 0 Å². The van der Waals surface area contributed by atoms with Crippen LogP contribution < -0.4 is 17.2 Å². The maximum atomic E-state index is 5.92. The zero-order valence-electron chi connectivity index (χ0n) is 10.3. The van der Waals surface area contributed by atoms with E-state index in [4.69, 9.17) is 28.8 Å². The molecule has 7 heteroatoms. The van der Waals surface area contributed by atoms with Crippen molar-refractivity contribution in [3.05, 3.63) is 35.0 Å². The van der Waals surface area contributed by atoms with Gasteiger partial charge in [0, 0.05) is 5.39 Å². The molecule has 1 aromatic carbocycles. The highest BCUT2D eigenvalue weighted by atomic mass is 35.5. The maximum absolute atomic E-state index is 5.92. The first kappa shape index (κ1) is 13.1. The molecule has 0 saturated heterocycles. The summed E-state index contributed by atoms with van der Waals surface area (Å²) in [5.74, 6) is -0.155. The van der Waals surface area contributed by atoms with Crippen molar-refractivity contribution in [3.63, 3.8) is 0 Å². The largest absolute Gasteiger partial charge is 0.370 e. The summed E-state index contributed by atoms with van der Waals surface area (Å²) in [5, 5.41) is 1.44. The molecule has 0 fully saturated rings. The summed E-state index contributed by atoms with van der Waals surface area (Å²) in [5.41, 5.74) is 18.4. The molecule has 0 aliphatic rings. The second kappa shape index (κ2) is 5.11. The topological polar surface area (TPSA) is 116 Å². The summed E-state index contributed by atoms with van der Waals surface area (Å²) >= 11 is 5.92. The van der Waals surface area contributed by atoms with E-state index in [0.717, 1.165) is 16.5 Å². The van der Waals surface area contributed by atoms with Gasteiger partial charge >= 0.3 is 0 Å². The molecule has 0 amide bonds. The molecule has 6 nitrogen and oxygen atoms in total. The zero-order valence-corrected chi connectivity index (χ0v) is 11.0. The van der Waals surface area contributed by atoms with E-state index >= 15 is 0 Å². The van der Waals surface area contributed by atoms with Crippen molar-refractivity contribution in [3.8, 4) is 0 Å². The molecule has 0 saturated carbocycles. The SMILES string of the molecule is Cc1cc(Cl)nc2cc(N=C(N)N=C(N)N)ccc12. The molecule has 1 heterocycles. The van der Waals surface area contributed by atoms with Gasteiger partial charge in [0.25, 0.3) is 0 Å². The highest BCUT2D eigenvalue weighted by Crippen LogP contribution is 2.24. The number of pyridine rings is 1. The number of nitrogens with zero attached hydrogens (tertiary/aromatic N) is 3. The van der Waals surface area contributed by atoms with Crippen LogP contribution in [0.2, 0.25) is 5.15 Å². The first-order chi connectivity index (χ1) is 8.95. The van der Waals surface area contributed by atoms with E-state index in [1.54, 1.807) is 18.2 Å². The number of hydrogen-bond donors (Lipinski definition) is 3. The predicted octanol–water partition coefficient (Wildman–Crippen LogP) is 1.42. The minimum absolute atomic E-state index is 0.0156. The van der Waals surface area contributed by atoms with Gasteiger partial charge in [0.2, 0.25) is 5.96 Å². The van der Waals surface area contributed by atoms with Gasteiger partial charge in [-0.1, -0.05) is 17.7 Å². The number of aromatic nitrogens is 1. The van der Waals surface area contributed by atoms with Gasteiger partial charge in [-0.3, -0.25) is 0 Å². The number of hydrogen-bond acceptors (Lipinski definition) is 2. The summed E-state index contributed by atoms with van der Waals surface area (Å²) < 4.78 is 0. The minimum Gasteiger partial charge on any atom is -0.370 e. The first-order valence-corrected chi connectivity index (χ1v) is 5.84. The van der Waals surface area contributed by atoms with Gasteiger partial charge in [-0.05, 0) is 30.7 Å². The van der Waals surface area contributed by atoms with Crippen LogP contribution >= 0.6 is 11.6 Å². The van der Waals surface area contributed by atoms with Crippen LogP contribution in [0.1, 0.15) is 5.56 Å². The van der Waals surface area contributed by atoms with Gasteiger partial charge in [0.05, 0.1) is 11.2 Å². The number of nitrogens with two attached hydrogens (primary N) is 3. The maximum Gasteiger partial charge on any atom is 0.223 e. The van der Waals surface area contributed by atoms with Gasteiger partial charge in [-0.2, -0.15) is 4.99 Å². The highest BCUT2D eigenvalue weighted by molar-refractivity contribution is 6.29. The van der Waals surface area contributed by atoms with Gasteiger partial charge in [-0.25, -0.2) is 9.98 Å². The summed E-state index contributed by atoms with van der Waals surface area (Å²) in [6, 6.07) is 7.28. The molecular formula is C12H13ClN6.